The highest BCUT2D eigenvalue weighted by molar-refractivity contribution is 6.33. The van der Waals surface area contributed by atoms with E-state index < -0.39 is 0 Å². The molecule has 0 saturated heterocycles. The van der Waals surface area contributed by atoms with Crippen LogP contribution in [0.4, 0.5) is 0 Å². The Morgan fingerprint density at radius 3 is 2.69 bits per heavy atom. The van der Waals surface area contributed by atoms with Gasteiger partial charge in [0.2, 0.25) is 0 Å². The van der Waals surface area contributed by atoms with Crippen LogP contribution in [-0.4, -0.2) is 21.9 Å². The van der Waals surface area contributed by atoms with Crippen molar-refractivity contribution in [2.45, 2.75) is 19.3 Å². The lowest BCUT2D eigenvalue weighted by atomic mass is 10.2. The molecule has 4 rings (SSSR count). The van der Waals surface area contributed by atoms with E-state index in [0.717, 1.165) is 41.8 Å². The molecule has 0 bridgehead atoms. The second-order valence-corrected chi connectivity index (χ2v) is 6.50. The normalized spacial score (nSPS) is 13.1. The highest BCUT2D eigenvalue weighted by Crippen LogP contribution is 2.27. The number of nitrogens with one attached hydrogen (secondary N) is 1. The van der Waals surface area contributed by atoms with Gasteiger partial charge in [0, 0.05) is 21.8 Å². The Hall–Kier alpha value is -2.92. The third-order valence-corrected chi connectivity index (χ3v) is 4.77. The Balaban J connectivity index is 1.58. The first kappa shape index (κ1) is 16.5. The summed E-state index contributed by atoms with van der Waals surface area (Å²) in [5.74, 6) is -0.305. The lowest BCUT2D eigenvalue weighted by Crippen LogP contribution is -2.20. The number of halogens is 1. The van der Waals surface area contributed by atoms with Crippen LogP contribution in [0.3, 0.4) is 0 Å². The molecule has 1 heterocycles. The molecule has 130 valence electrons. The molecule has 0 radical (unpaired) electrons. The maximum atomic E-state index is 12.6. The molecule has 2 aromatic carbocycles. The van der Waals surface area contributed by atoms with Crippen LogP contribution in [-0.2, 0) is 12.8 Å². The number of aromatic nitrogens is 2. The Morgan fingerprint density at radius 2 is 1.88 bits per heavy atom. The molecule has 1 aliphatic rings. The first-order chi connectivity index (χ1) is 12.7. The lowest BCUT2D eigenvalue weighted by molar-refractivity contribution is 0.0949. The first-order valence-corrected chi connectivity index (χ1v) is 8.86. The number of rotatable bonds is 4. The molecule has 0 unspecified atom stereocenters. The Kier molecular flexibility index (Phi) is 4.54. The summed E-state index contributed by atoms with van der Waals surface area (Å²) >= 11 is 6.08. The van der Waals surface area contributed by atoms with Gasteiger partial charge in [-0.25, -0.2) is 10.1 Å². The maximum Gasteiger partial charge on any atom is 0.292 e. The Morgan fingerprint density at radius 1 is 1.12 bits per heavy atom. The molecular weight excluding hydrogens is 348 g/mol. The van der Waals surface area contributed by atoms with Gasteiger partial charge in [0.15, 0.2) is 5.69 Å². The van der Waals surface area contributed by atoms with Gasteiger partial charge in [-0.1, -0.05) is 48.0 Å². The number of para-hydroxylation sites is 1. The number of nitrogens with zero attached hydrogens (tertiary/aromatic N) is 3. The average molecular weight is 365 g/mol. The number of hydrogen-bond donors (Lipinski definition) is 1. The molecule has 5 nitrogen and oxygen atoms in total. The summed E-state index contributed by atoms with van der Waals surface area (Å²) < 4.78 is 1.87. The van der Waals surface area contributed by atoms with E-state index in [9.17, 15) is 4.79 Å². The lowest BCUT2D eigenvalue weighted by Gasteiger charge is -2.04. The molecule has 0 fully saturated rings. The summed E-state index contributed by atoms with van der Waals surface area (Å²) in [4.78, 5) is 12.6. The van der Waals surface area contributed by atoms with Gasteiger partial charge in [0.25, 0.3) is 5.91 Å². The zero-order valence-electron chi connectivity index (χ0n) is 14.0. The number of amides is 1. The minimum absolute atomic E-state index is 0.305. The van der Waals surface area contributed by atoms with Crippen LogP contribution >= 0.6 is 11.6 Å². The summed E-state index contributed by atoms with van der Waals surface area (Å²) in [6.45, 7) is 0. The van der Waals surface area contributed by atoms with Gasteiger partial charge in [-0.05, 0) is 37.5 Å². The van der Waals surface area contributed by atoms with Crippen molar-refractivity contribution in [1.29, 1.82) is 0 Å². The number of benzene rings is 2. The zero-order valence-corrected chi connectivity index (χ0v) is 14.8. The summed E-state index contributed by atoms with van der Waals surface area (Å²) in [6, 6.07) is 17.2. The maximum absolute atomic E-state index is 12.6. The Bertz CT molecular complexity index is 979. The quantitative estimate of drug-likeness (QED) is 0.565. The topological polar surface area (TPSA) is 59.3 Å². The molecule has 0 spiro atoms. The molecule has 26 heavy (non-hydrogen) atoms. The van der Waals surface area contributed by atoms with Gasteiger partial charge >= 0.3 is 0 Å². The monoisotopic (exact) mass is 364 g/mol. The summed E-state index contributed by atoms with van der Waals surface area (Å²) in [6.07, 6.45) is 4.35. The van der Waals surface area contributed by atoms with Crippen LogP contribution in [0.5, 0.6) is 0 Å². The number of fused-ring (bicyclic) bond motifs is 1. The first-order valence-electron chi connectivity index (χ1n) is 8.48. The standard InChI is InChI=1S/C20H17ClN4O/c21-17-11-5-4-7-14(17)13-22-23-20(26)19-16-10-6-12-18(16)25(24-19)15-8-2-1-3-9-15/h1-5,7-9,11,13H,6,10,12H2,(H,23,26)/b22-13+. The van der Waals surface area contributed by atoms with Crippen molar-refractivity contribution in [1.82, 2.24) is 15.2 Å². The van der Waals surface area contributed by atoms with Crippen LogP contribution in [0.2, 0.25) is 5.02 Å². The predicted octanol–water partition coefficient (Wildman–Crippen LogP) is 3.78. The van der Waals surface area contributed by atoms with Crippen LogP contribution in [0.15, 0.2) is 59.7 Å². The van der Waals surface area contributed by atoms with Crippen molar-refractivity contribution in [2.24, 2.45) is 5.10 Å². The third-order valence-electron chi connectivity index (χ3n) is 4.42. The van der Waals surface area contributed by atoms with E-state index >= 15 is 0 Å². The molecule has 3 aromatic rings. The second-order valence-electron chi connectivity index (χ2n) is 6.10. The smallest absolute Gasteiger partial charge is 0.265 e. The van der Waals surface area contributed by atoms with Crippen molar-refractivity contribution in [2.75, 3.05) is 0 Å². The van der Waals surface area contributed by atoms with Crippen molar-refractivity contribution in [3.8, 4) is 5.69 Å². The molecule has 0 aliphatic heterocycles. The van der Waals surface area contributed by atoms with E-state index in [0.29, 0.717) is 10.7 Å². The van der Waals surface area contributed by atoms with E-state index in [2.05, 4.69) is 15.6 Å². The van der Waals surface area contributed by atoms with Gasteiger partial charge < -0.3 is 0 Å². The van der Waals surface area contributed by atoms with Gasteiger partial charge in [0.05, 0.1) is 11.9 Å². The molecule has 1 aromatic heterocycles. The van der Waals surface area contributed by atoms with E-state index in [1.165, 1.54) is 6.21 Å². The van der Waals surface area contributed by atoms with Crippen molar-refractivity contribution >= 4 is 23.7 Å². The molecule has 1 aliphatic carbocycles. The van der Waals surface area contributed by atoms with Crippen molar-refractivity contribution in [3.63, 3.8) is 0 Å². The fraction of sp³-hybridized carbons (Fsp3) is 0.150. The third kappa shape index (κ3) is 3.13. The number of hydrogen-bond acceptors (Lipinski definition) is 3. The van der Waals surface area contributed by atoms with Crippen molar-refractivity contribution < 1.29 is 4.79 Å². The molecule has 6 heteroatoms. The predicted molar refractivity (Wildman–Crippen MR) is 102 cm³/mol. The fourth-order valence-corrected chi connectivity index (χ4v) is 3.38. The second kappa shape index (κ2) is 7.14. The van der Waals surface area contributed by atoms with Crippen LogP contribution in [0, 0.1) is 0 Å². The van der Waals surface area contributed by atoms with Gasteiger partial charge in [-0.3, -0.25) is 4.79 Å². The number of carbonyl (C=O) groups excluding carboxylic acids is 1. The van der Waals surface area contributed by atoms with E-state index in [1.54, 1.807) is 6.07 Å². The van der Waals surface area contributed by atoms with Crippen LogP contribution in [0.25, 0.3) is 5.69 Å². The van der Waals surface area contributed by atoms with Gasteiger partial charge in [0.1, 0.15) is 0 Å². The molecular formula is C20H17ClN4O. The molecule has 1 amide bonds. The van der Waals surface area contributed by atoms with Gasteiger partial charge in [-0.2, -0.15) is 10.2 Å². The minimum atomic E-state index is -0.305. The van der Waals surface area contributed by atoms with Crippen molar-refractivity contribution in [3.05, 3.63) is 82.1 Å². The van der Waals surface area contributed by atoms with Crippen LogP contribution in [0.1, 0.15) is 33.7 Å². The highest BCUT2D eigenvalue weighted by Gasteiger charge is 2.26. The fourth-order valence-electron chi connectivity index (χ4n) is 3.20. The minimum Gasteiger partial charge on any atom is -0.265 e. The molecule has 0 atom stereocenters. The Labute approximate surface area is 156 Å². The number of hydrazone groups is 1. The van der Waals surface area contributed by atoms with E-state index in [-0.39, 0.29) is 5.91 Å². The van der Waals surface area contributed by atoms with E-state index in [4.69, 9.17) is 11.6 Å². The largest absolute Gasteiger partial charge is 0.292 e. The molecule has 0 saturated carbocycles. The zero-order chi connectivity index (χ0) is 17.9. The van der Waals surface area contributed by atoms with Crippen LogP contribution < -0.4 is 5.43 Å². The average Bonchev–Trinajstić information content (AvgIpc) is 3.26. The summed E-state index contributed by atoms with van der Waals surface area (Å²) in [5, 5.41) is 9.16. The van der Waals surface area contributed by atoms with E-state index in [1.807, 2.05) is 53.2 Å². The summed E-state index contributed by atoms with van der Waals surface area (Å²) in [5.41, 5.74) is 6.84. The molecule has 1 N–H and O–H groups in total. The number of carbonyl (C=O) groups is 1. The highest BCUT2D eigenvalue weighted by atomic mass is 35.5. The summed E-state index contributed by atoms with van der Waals surface area (Å²) in [7, 11) is 0. The SMILES string of the molecule is O=C(N/N=C/c1ccccc1Cl)c1nn(-c2ccccc2)c2c1CCC2. The van der Waals surface area contributed by atoms with Gasteiger partial charge in [-0.15, -0.1) is 0 Å².